The van der Waals surface area contributed by atoms with Crippen molar-refractivity contribution in [1.29, 1.82) is 0 Å². The average molecular weight is 223 g/mol. The van der Waals surface area contributed by atoms with E-state index >= 15 is 0 Å². The summed E-state index contributed by atoms with van der Waals surface area (Å²) in [6.07, 6.45) is 4.33. The van der Waals surface area contributed by atoms with Crippen LogP contribution in [0.1, 0.15) is 18.4 Å². The van der Waals surface area contributed by atoms with Gasteiger partial charge in [0, 0.05) is 0 Å². The summed E-state index contributed by atoms with van der Waals surface area (Å²) in [6.45, 7) is 4.75. The molecule has 3 heteroatoms. The van der Waals surface area contributed by atoms with Crippen LogP contribution in [-0.4, -0.2) is 13.2 Å². The lowest BCUT2D eigenvalue weighted by Crippen LogP contribution is -2.06. The first-order valence-corrected chi connectivity index (χ1v) is 5.50. The van der Waals surface area contributed by atoms with Gasteiger partial charge in [0.05, 0.1) is 6.61 Å². The molecule has 1 aromatic rings. The van der Waals surface area contributed by atoms with Crippen molar-refractivity contribution < 1.29 is 9.13 Å². The van der Waals surface area contributed by atoms with Gasteiger partial charge >= 0.3 is 0 Å². The highest BCUT2D eigenvalue weighted by Gasteiger charge is 2.04. The summed E-state index contributed by atoms with van der Waals surface area (Å²) in [5.74, 6) is 0.484. The third-order valence-corrected chi connectivity index (χ3v) is 2.25. The molecule has 2 N–H and O–H groups in total. The lowest BCUT2D eigenvalue weighted by molar-refractivity contribution is 0.308. The highest BCUT2D eigenvalue weighted by Crippen LogP contribution is 2.20. The Hall–Kier alpha value is -1.35. The predicted octanol–water partition coefficient (Wildman–Crippen LogP) is 2.67. The van der Waals surface area contributed by atoms with Crippen LogP contribution in [0, 0.1) is 5.82 Å². The van der Waals surface area contributed by atoms with Crippen LogP contribution < -0.4 is 10.5 Å². The SMILES string of the molecule is C=CCCCOc1ccc(F)cc1CCN. The molecule has 0 aliphatic carbocycles. The Balaban J connectivity index is 2.59. The maximum Gasteiger partial charge on any atom is 0.123 e. The maximum atomic E-state index is 13.0. The van der Waals surface area contributed by atoms with Gasteiger partial charge in [0.15, 0.2) is 0 Å². The van der Waals surface area contributed by atoms with E-state index in [0.29, 0.717) is 19.6 Å². The molecule has 0 amide bonds. The average Bonchev–Trinajstić information content (AvgIpc) is 2.27. The van der Waals surface area contributed by atoms with Crippen LogP contribution in [0.25, 0.3) is 0 Å². The van der Waals surface area contributed by atoms with E-state index in [1.807, 2.05) is 6.08 Å². The standard InChI is InChI=1S/C13H18FNO/c1-2-3-4-9-16-13-6-5-12(14)10-11(13)7-8-15/h2,5-6,10H,1,3-4,7-9,15H2. The summed E-state index contributed by atoms with van der Waals surface area (Å²) >= 11 is 0. The highest BCUT2D eigenvalue weighted by molar-refractivity contribution is 5.34. The fourth-order valence-electron chi connectivity index (χ4n) is 1.45. The molecular weight excluding hydrogens is 205 g/mol. The minimum Gasteiger partial charge on any atom is -0.493 e. The molecule has 1 aromatic carbocycles. The number of unbranched alkanes of at least 4 members (excludes halogenated alkanes) is 1. The monoisotopic (exact) mass is 223 g/mol. The molecule has 0 heterocycles. The summed E-state index contributed by atoms with van der Waals surface area (Å²) < 4.78 is 18.6. The van der Waals surface area contributed by atoms with Crippen LogP contribution in [-0.2, 0) is 6.42 Å². The summed E-state index contributed by atoms with van der Waals surface area (Å²) in [6, 6.07) is 4.55. The molecule has 0 saturated heterocycles. The zero-order valence-electron chi connectivity index (χ0n) is 9.42. The molecule has 0 bridgehead atoms. The largest absolute Gasteiger partial charge is 0.493 e. The normalized spacial score (nSPS) is 10.1. The number of ether oxygens (including phenoxy) is 1. The van der Waals surface area contributed by atoms with Crippen molar-refractivity contribution in [3.63, 3.8) is 0 Å². The Morgan fingerprint density at radius 2 is 2.25 bits per heavy atom. The number of hydrogen-bond acceptors (Lipinski definition) is 2. The van der Waals surface area contributed by atoms with E-state index in [9.17, 15) is 4.39 Å². The van der Waals surface area contributed by atoms with Crippen LogP contribution in [0.4, 0.5) is 4.39 Å². The van der Waals surface area contributed by atoms with E-state index in [4.69, 9.17) is 10.5 Å². The third kappa shape index (κ3) is 4.03. The van der Waals surface area contributed by atoms with Gasteiger partial charge in [-0.05, 0) is 49.6 Å². The van der Waals surface area contributed by atoms with Crippen molar-refractivity contribution in [3.05, 3.63) is 42.2 Å². The van der Waals surface area contributed by atoms with Crippen molar-refractivity contribution in [2.45, 2.75) is 19.3 Å². The predicted molar refractivity (Wildman–Crippen MR) is 64.1 cm³/mol. The van der Waals surface area contributed by atoms with Gasteiger partial charge in [-0.2, -0.15) is 0 Å². The zero-order chi connectivity index (χ0) is 11.8. The van der Waals surface area contributed by atoms with Crippen molar-refractivity contribution >= 4 is 0 Å². The third-order valence-electron chi connectivity index (χ3n) is 2.25. The molecular formula is C13H18FNO. The quantitative estimate of drug-likeness (QED) is 0.569. The van der Waals surface area contributed by atoms with E-state index in [0.717, 1.165) is 24.2 Å². The van der Waals surface area contributed by atoms with Crippen molar-refractivity contribution in [3.8, 4) is 5.75 Å². The molecule has 2 nitrogen and oxygen atoms in total. The molecule has 16 heavy (non-hydrogen) atoms. The minimum atomic E-state index is -0.248. The molecule has 0 aliphatic rings. The van der Waals surface area contributed by atoms with Crippen LogP contribution in [0.2, 0.25) is 0 Å². The van der Waals surface area contributed by atoms with E-state index < -0.39 is 0 Å². The van der Waals surface area contributed by atoms with Gasteiger partial charge in [-0.25, -0.2) is 4.39 Å². The molecule has 0 fully saturated rings. The topological polar surface area (TPSA) is 35.2 Å². The van der Waals surface area contributed by atoms with Gasteiger partial charge in [0.1, 0.15) is 11.6 Å². The van der Waals surface area contributed by atoms with Crippen LogP contribution in [0.15, 0.2) is 30.9 Å². The summed E-state index contributed by atoms with van der Waals surface area (Å²) in [7, 11) is 0. The van der Waals surface area contributed by atoms with Crippen molar-refractivity contribution in [1.82, 2.24) is 0 Å². The number of halogens is 1. The number of hydrogen-bond donors (Lipinski definition) is 1. The van der Waals surface area contributed by atoms with Crippen LogP contribution in [0.5, 0.6) is 5.75 Å². The highest BCUT2D eigenvalue weighted by atomic mass is 19.1. The van der Waals surface area contributed by atoms with Crippen molar-refractivity contribution in [2.24, 2.45) is 5.73 Å². The molecule has 1 rings (SSSR count). The van der Waals surface area contributed by atoms with Gasteiger partial charge in [0.2, 0.25) is 0 Å². The fourth-order valence-corrected chi connectivity index (χ4v) is 1.45. The Morgan fingerprint density at radius 1 is 1.44 bits per heavy atom. The van der Waals surface area contributed by atoms with Crippen molar-refractivity contribution in [2.75, 3.05) is 13.2 Å². The van der Waals surface area contributed by atoms with E-state index in [-0.39, 0.29) is 5.82 Å². The molecule has 88 valence electrons. The minimum absolute atomic E-state index is 0.248. The molecule has 0 atom stereocenters. The fraction of sp³-hybridized carbons (Fsp3) is 0.385. The van der Waals surface area contributed by atoms with Gasteiger partial charge < -0.3 is 10.5 Å². The molecule has 0 aliphatic heterocycles. The number of benzene rings is 1. The Kier molecular flexibility index (Phi) is 5.57. The number of nitrogens with two attached hydrogens (primary N) is 1. The lowest BCUT2D eigenvalue weighted by atomic mass is 10.1. The van der Waals surface area contributed by atoms with E-state index in [1.54, 1.807) is 6.07 Å². The maximum absolute atomic E-state index is 13.0. The zero-order valence-corrected chi connectivity index (χ0v) is 9.42. The second-order valence-electron chi connectivity index (χ2n) is 3.57. The summed E-state index contributed by atoms with van der Waals surface area (Å²) in [5, 5.41) is 0. The smallest absolute Gasteiger partial charge is 0.123 e. The van der Waals surface area contributed by atoms with Crippen LogP contribution >= 0.6 is 0 Å². The first kappa shape index (κ1) is 12.7. The van der Waals surface area contributed by atoms with E-state index in [2.05, 4.69) is 6.58 Å². The van der Waals surface area contributed by atoms with Gasteiger partial charge in [-0.3, -0.25) is 0 Å². The first-order chi connectivity index (χ1) is 7.77. The van der Waals surface area contributed by atoms with Crippen LogP contribution in [0.3, 0.4) is 0 Å². The lowest BCUT2D eigenvalue weighted by Gasteiger charge is -2.10. The number of rotatable bonds is 7. The molecule has 0 saturated carbocycles. The second-order valence-corrected chi connectivity index (χ2v) is 3.57. The Labute approximate surface area is 95.9 Å². The Morgan fingerprint density at radius 3 is 2.94 bits per heavy atom. The molecule has 0 radical (unpaired) electrons. The molecule has 0 aromatic heterocycles. The van der Waals surface area contributed by atoms with E-state index in [1.165, 1.54) is 12.1 Å². The van der Waals surface area contributed by atoms with Gasteiger partial charge in [-0.1, -0.05) is 6.08 Å². The Bertz CT molecular complexity index is 339. The van der Waals surface area contributed by atoms with Gasteiger partial charge in [0.25, 0.3) is 0 Å². The molecule has 0 spiro atoms. The molecule has 0 unspecified atom stereocenters. The summed E-state index contributed by atoms with van der Waals surface area (Å²) in [5.41, 5.74) is 6.30. The second kappa shape index (κ2) is 7.01. The summed E-state index contributed by atoms with van der Waals surface area (Å²) in [4.78, 5) is 0. The first-order valence-electron chi connectivity index (χ1n) is 5.50. The number of allylic oxidation sites excluding steroid dienone is 1. The van der Waals surface area contributed by atoms with Gasteiger partial charge in [-0.15, -0.1) is 6.58 Å².